The average Bonchev–Trinajstić information content (AvgIpc) is 2.90. The summed E-state index contributed by atoms with van der Waals surface area (Å²) in [4.78, 5) is 22.1. The number of carboxylic acids is 1. The maximum atomic E-state index is 11.7. The molecule has 1 rings (SSSR count). The molecular formula is C14H22N2O3S. The fourth-order valence-corrected chi connectivity index (χ4v) is 2.55. The zero-order valence-electron chi connectivity index (χ0n) is 11.9. The molecule has 0 aliphatic rings. The van der Waals surface area contributed by atoms with Crippen molar-refractivity contribution >= 4 is 23.3 Å². The Morgan fingerprint density at radius 3 is 2.70 bits per heavy atom. The van der Waals surface area contributed by atoms with E-state index < -0.39 is 5.97 Å². The van der Waals surface area contributed by atoms with Crippen molar-refractivity contribution in [1.82, 2.24) is 10.6 Å². The largest absolute Gasteiger partial charge is 0.481 e. The lowest BCUT2D eigenvalue weighted by Gasteiger charge is -2.15. The smallest absolute Gasteiger partial charge is 0.315 e. The van der Waals surface area contributed by atoms with Gasteiger partial charge in [0.1, 0.15) is 0 Å². The molecule has 2 unspecified atom stereocenters. The fourth-order valence-electron chi connectivity index (χ4n) is 1.80. The predicted octanol–water partition coefficient (Wildman–Crippen LogP) is 3.00. The van der Waals surface area contributed by atoms with Crippen molar-refractivity contribution in [2.75, 3.05) is 6.54 Å². The highest BCUT2D eigenvalue weighted by Gasteiger charge is 2.10. The molecule has 0 aromatic carbocycles. The van der Waals surface area contributed by atoms with Crippen LogP contribution in [0.2, 0.25) is 0 Å². The Bertz CT molecular complexity index is 420. The lowest BCUT2D eigenvalue weighted by molar-refractivity contribution is -0.137. The minimum absolute atomic E-state index is 0.00863. The number of carbonyl (C=O) groups excluding carboxylic acids is 1. The summed E-state index contributed by atoms with van der Waals surface area (Å²) in [5.41, 5.74) is 1.10. The number of aliphatic carboxylic acids is 1. The van der Waals surface area contributed by atoms with E-state index in [0.29, 0.717) is 18.9 Å². The number of carboxylic acid groups (broad SMARTS) is 1. The summed E-state index contributed by atoms with van der Waals surface area (Å²) in [6.07, 6.45) is 1.61. The normalized spacial score (nSPS) is 13.5. The maximum Gasteiger partial charge on any atom is 0.315 e. The van der Waals surface area contributed by atoms with Crippen LogP contribution in [-0.4, -0.2) is 23.7 Å². The van der Waals surface area contributed by atoms with Gasteiger partial charge in [0.2, 0.25) is 0 Å². The standard InChI is InChI=1S/C14H22N2O3S/c1-10(3-4-13(17)18)5-7-15-14(19)16-11(2)12-6-8-20-9-12/h6,8-11H,3-5,7H2,1-2H3,(H,17,18)(H2,15,16,19). The molecule has 2 atom stereocenters. The summed E-state index contributed by atoms with van der Waals surface area (Å²) in [7, 11) is 0. The van der Waals surface area contributed by atoms with Gasteiger partial charge in [-0.05, 0) is 48.1 Å². The third-order valence-corrected chi connectivity index (χ3v) is 3.87. The van der Waals surface area contributed by atoms with Gasteiger partial charge in [0, 0.05) is 13.0 Å². The van der Waals surface area contributed by atoms with E-state index in [0.717, 1.165) is 12.0 Å². The summed E-state index contributed by atoms with van der Waals surface area (Å²) in [5, 5.41) is 18.2. The molecule has 0 spiro atoms. The summed E-state index contributed by atoms with van der Waals surface area (Å²) in [6.45, 7) is 4.50. The van der Waals surface area contributed by atoms with Crippen LogP contribution in [0.1, 0.15) is 44.7 Å². The van der Waals surface area contributed by atoms with E-state index in [4.69, 9.17) is 5.11 Å². The average molecular weight is 298 g/mol. The van der Waals surface area contributed by atoms with Crippen LogP contribution in [0.4, 0.5) is 4.79 Å². The second-order valence-corrected chi connectivity index (χ2v) is 5.78. The van der Waals surface area contributed by atoms with Gasteiger partial charge in [0.05, 0.1) is 6.04 Å². The molecule has 1 aromatic rings. The third-order valence-electron chi connectivity index (χ3n) is 3.16. The van der Waals surface area contributed by atoms with Crippen LogP contribution in [0.3, 0.4) is 0 Å². The molecule has 0 fully saturated rings. The molecule has 0 radical (unpaired) electrons. The molecule has 5 nitrogen and oxygen atoms in total. The summed E-state index contributed by atoms with van der Waals surface area (Å²) >= 11 is 1.60. The Balaban J connectivity index is 2.15. The monoisotopic (exact) mass is 298 g/mol. The van der Waals surface area contributed by atoms with Gasteiger partial charge in [-0.2, -0.15) is 11.3 Å². The van der Waals surface area contributed by atoms with E-state index in [1.807, 2.05) is 30.7 Å². The number of nitrogens with one attached hydrogen (secondary N) is 2. The molecule has 0 saturated heterocycles. The summed E-state index contributed by atoms with van der Waals surface area (Å²) < 4.78 is 0. The molecular weight excluding hydrogens is 276 g/mol. The van der Waals surface area contributed by atoms with Crippen molar-refractivity contribution in [2.45, 2.75) is 39.2 Å². The SMILES string of the molecule is CC(CCNC(=O)NC(C)c1ccsc1)CCC(=O)O. The van der Waals surface area contributed by atoms with Crippen LogP contribution >= 0.6 is 11.3 Å². The molecule has 0 saturated carbocycles. The fraction of sp³-hybridized carbons (Fsp3) is 0.571. The highest BCUT2D eigenvalue weighted by atomic mass is 32.1. The van der Waals surface area contributed by atoms with Gasteiger partial charge in [-0.1, -0.05) is 6.92 Å². The van der Waals surface area contributed by atoms with E-state index >= 15 is 0 Å². The van der Waals surface area contributed by atoms with Crippen LogP contribution in [0.5, 0.6) is 0 Å². The van der Waals surface area contributed by atoms with Crippen molar-refractivity contribution in [3.63, 3.8) is 0 Å². The number of carbonyl (C=O) groups is 2. The molecule has 1 heterocycles. The van der Waals surface area contributed by atoms with Gasteiger partial charge >= 0.3 is 12.0 Å². The van der Waals surface area contributed by atoms with E-state index in [2.05, 4.69) is 10.6 Å². The topological polar surface area (TPSA) is 78.4 Å². The van der Waals surface area contributed by atoms with Crippen LogP contribution < -0.4 is 10.6 Å². The van der Waals surface area contributed by atoms with Gasteiger partial charge < -0.3 is 15.7 Å². The lowest BCUT2D eigenvalue weighted by Crippen LogP contribution is -2.37. The molecule has 0 aliphatic heterocycles. The molecule has 0 aliphatic carbocycles. The van der Waals surface area contributed by atoms with Crippen molar-refractivity contribution in [3.8, 4) is 0 Å². The highest BCUT2D eigenvalue weighted by molar-refractivity contribution is 7.07. The van der Waals surface area contributed by atoms with Crippen molar-refractivity contribution in [3.05, 3.63) is 22.4 Å². The van der Waals surface area contributed by atoms with E-state index in [-0.39, 0.29) is 18.5 Å². The zero-order chi connectivity index (χ0) is 15.0. The third kappa shape index (κ3) is 6.56. The number of urea groups is 1. The van der Waals surface area contributed by atoms with Crippen molar-refractivity contribution in [2.24, 2.45) is 5.92 Å². The quantitative estimate of drug-likeness (QED) is 0.690. The molecule has 0 bridgehead atoms. The van der Waals surface area contributed by atoms with E-state index in [1.54, 1.807) is 11.3 Å². The number of rotatable bonds is 8. The Kier molecular flexibility index (Phi) is 7.08. The van der Waals surface area contributed by atoms with Crippen LogP contribution in [-0.2, 0) is 4.79 Å². The number of amides is 2. The molecule has 20 heavy (non-hydrogen) atoms. The maximum absolute atomic E-state index is 11.7. The second-order valence-electron chi connectivity index (χ2n) is 5.00. The van der Waals surface area contributed by atoms with Gasteiger partial charge in [-0.3, -0.25) is 4.79 Å². The van der Waals surface area contributed by atoms with Crippen molar-refractivity contribution < 1.29 is 14.7 Å². The first-order valence-electron chi connectivity index (χ1n) is 6.77. The number of hydrogen-bond donors (Lipinski definition) is 3. The van der Waals surface area contributed by atoms with Crippen LogP contribution in [0.25, 0.3) is 0 Å². The minimum atomic E-state index is -0.771. The first-order valence-corrected chi connectivity index (χ1v) is 7.71. The molecule has 112 valence electrons. The molecule has 1 aromatic heterocycles. The molecule has 3 N–H and O–H groups in total. The molecule has 6 heteroatoms. The Morgan fingerprint density at radius 1 is 1.35 bits per heavy atom. The highest BCUT2D eigenvalue weighted by Crippen LogP contribution is 2.15. The van der Waals surface area contributed by atoms with Gasteiger partial charge in [0.25, 0.3) is 0 Å². The molecule has 2 amide bonds. The van der Waals surface area contributed by atoms with Crippen molar-refractivity contribution in [1.29, 1.82) is 0 Å². The van der Waals surface area contributed by atoms with Crippen LogP contribution in [0, 0.1) is 5.92 Å². The first kappa shape index (κ1) is 16.5. The Hall–Kier alpha value is -1.56. The van der Waals surface area contributed by atoms with Gasteiger partial charge in [-0.15, -0.1) is 0 Å². The Labute approximate surface area is 123 Å². The van der Waals surface area contributed by atoms with E-state index in [9.17, 15) is 9.59 Å². The van der Waals surface area contributed by atoms with E-state index in [1.165, 1.54) is 0 Å². The van der Waals surface area contributed by atoms with Gasteiger partial charge in [-0.25, -0.2) is 4.79 Å². The zero-order valence-corrected chi connectivity index (χ0v) is 12.7. The van der Waals surface area contributed by atoms with Crippen LogP contribution in [0.15, 0.2) is 16.8 Å². The summed E-state index contributed by atoms with van der Waals surface area (Å²) in [6, 6.07) is 1.80. The predicted molar refractivity (Wildman–Crippen MR) is 79.9 cm³/mol. The minimum Gasteiger partial charge on any atom is -0.481 e. The Morgan fingerprint density at radius 2 is 2.10 bits per heavy atom. The number of hydrogen-bond acceptors (Lipinski definition) is 3. The number of thiophene rings is 1. The lowest BCUT2D eigenvalue weighted by atomic mass is 10.0. The first-order chi connectivity index (χ1) is 9.49. The van der Waals surface area contributed by atoms with Gasteiger partial charge in [0.15, 0.2) is 0 Å². The summed E-state index contributed by atoms with van der Waals surface area (Å²) in [5.74, 6) is -0.479. The second kappa shape index (κ2) is 8.58.